The van der Waals surface area contributed by atoms with Gasteiger partial charge in [0, 0.05) is 0 Å². The Kier molecular flexibility index (Phi) is 2.05. The van der Waals surface area contributed by atoms with Crippen LogP contribution in [0, 0.1) is 47.3 Å². The summed E-state index contributed by atoms with van der Waals surface area (Å²) in [7, 11) is 0. The highest BCUT2D eigenvalue weighted by Crippen LogP contribution is 2.70. The Morgan fingerprint density at radius 2 is 1.44 bits per heavy atom. The zero-order chi connectivity index (χ0) is 12.8. The van der Waals surface area contributed by atoms with Crippen molar-refractivity contribution in [2.24, 2.45) is 47.3 Å². The van der Waals surface area contributed by atoms with E-state index < -0.39 is 18.2 Å². The summed E-state index contributed by atoms with van der Waals surface area (Å²) >= 11 is 0. The van der Waals surface area contributed by atoms with Gasteiger partial charge in [0.2, 0.25) is 0 Å². The predicted octanol–water partition coefficient (Wildman–Crippen LogP) is 0.577. The fourth-order valence-electron chi connectivity index (χ4n) is 6.29. The molecule has 18 heavy (non-hydrogen) atoms. The molecule has 0 aromatic rings. The lowest BCUT2D eigenvalue weighted by atomic mass is 9.63. The molecule has 0 aromatic carbocycles. The Bertz CT molecular complexity index is 409. The first-order valence-corrected chi connectivity index (χ1v) is 7.11. The molecule has 4 heteroatoms. The molecule has 10 atom stereocenters. The highest BCUT2D eigenvalue weighted by atomic mass is 16.4. The summed E-state index contributed by atoms with van der Waals surface area (Å²) in [5.74, 6) is 1.26. The summed E-state index contributed by atoms with van der Waals surface area (Å²) in [6, 6.07) is 0. The zero-order valence-electron chi connectivity index (χ0n) is 10.4. The lowest BCUT2D eigenvalue weighted by Gasteiger charge is -2.43. The minimum absolute atomic E-state index is 0.152. The van der Waals surface area contributed by atoms with Crippen molar-refractivity contribution in [3.8, 4) is 0 Å². The minimum atomic E-state index is -0.661. The molecule has 0 radical (unpaired) electrons. The van der Waals surface area contributed by atoms with Crippen LogP contribution in [-0.2, 0) is 4.79 Å². The van der Waals surface area contributed by atoms with Gasteiger partial charge in [-0.15, -0.1) is 0 Å². The molecule has 10 unspecified atom stereocenters. The van der Waals surface area contributed by atoms with Crippen LogP contribution in [-0.4, -0.2) is 33.5 Å². The maximum Gasteiger partial charge on any atom is 0.307 e. The maximum absolute atomic E-state index is 11.4. The molecule has 4 aliphatic rings. The molecule has 4 fully saturated rings. The summed E-state index contributed by atoms with van der Waals surface area (Å²) in [6.07, 6.45) is 0.732. The second-order valence-electron chi connectivity index (χ2n) is 6.99. The standard InChI is InChI=1S/C14H20O4/c1-4-5-2-6(9(4)14(17)18)11-8-3-7(10(5)11)12(15)13(8)16/h4-13,15-16H,2-3H2,1H3,(H,17,18). The van der Waals surface area contributed by atoms with Crippen LogP contribution in [0.4, 0.5) is 0 Å². The van der Waals surface area contributed by atoms with Crippen molar-refractivity contribution in [3.63, 3.8) is 0 Å². The van der Waals surface area contributed by atoms with Gasteiger partial charge in [-0.05, 0) is 54.3 Å². The van der Waals surface area contributed by atoms with Gasteiger partial charge in [-0.25, -0.2) is 0 Å². The van der Waals surface area contributed by atoms with Crippen molar-refractivity contribution in [1.82, 2.24) is 0 Å². The average Bonchev–Trinajstić information content (AvgIpc) is 2.97. The summed E-state index contributed by atoms with van der Waals surface area (Å²) in [5.41, 5.74) is 0. The van der Waals surface area contributed by atoms with Crippen LogP contribution < -0.4 is 0 Å². The molecule has 0 heterocycles. The fraction of sp³-hybridized carbons (Fsp3) is 0.929. The summed E-state index contributed by atoms with van der Waals surface area (Å²) in [4.78, 5) is 11.4. The largest absolute Gasteiger partial charge is 0.481 e. The van der Waals surface area contributed by atoms with E-state index in [1.807, 2.05) is 0 Å². The van der Waals surface area contributed by atoms with Gasteiger partial charge in [-0.3, -0.25) is 4.79 Å². The zero-order valence-corrected chi connectivity index (χ0v) is 10.4. The van der Waals surface area contributed by atoms with Crippen molar-refractivity contribution in [2.75, 3.05) is 0 Å². The molecule has 0 aromatic heterocycles. The van der Waals surface area contributed by atoms with Crippen molar-refractivity contribution < 1.29 is 20.1 Å². The molecule has 4 bridgehead atoms. The van der Waals surface area contributed by atoms with Crippen LogP contribution in [0.1, 0.15) is 19.8 Å². The van der Waals surface area contributed by atoms with Crippen LogP contribution in [0.2, 0.25) is 0 Å². The van der Waals surface area contributed by atoms with Gasteiger partial charge in [0.05, 0.1) is 18.1 Å². The van der Waals surface area contributed by atoms with E-state index in [0.29, 0.717) is 17.8 Å². The number of carboxylic acids is 1. The Balaban J connectivity index is 1.71. The molecular formula is C14H20O4. The predicted molar refractivity (Wildman–Crippen MR) is 62.5 cm³/mol. The molecule has 100 valence electrons. The Hall–Kier alpha value is -0.610. The Morgan fingerprint density at radius 1 is 0.944 bits per heavy atom. The molecule has 4 saturated carbocycles. The molecule has 0 amide bonds. The van der Waals surface area contributed by atoms with E-state index in [-0.39, 0.29) is 29.6 Å². The lowest BCUT2D eigenvalue weighted by Crippen LogP contribution is -2.48. The smallest absolute Gasteiger partial charge is 0.307 e. The van der Waals surface area contributed by atoms with Crippen molar-refractivity contribution in [1.29, 1.82) is 0 Å². The van der Waals surface area contributed by atoms with Gasteiger partial charge < -0.3 is 15.3 Å². The number of aliphatic carboxylic acids is 1. The van der Waals surface area contributed by atoms with Crippen molar-refractivity contribution in [3.05, 3.63) is 0 Å². The summed E-state index contributed by atoms with van der Waals surface area (Å²) in [5, 5.41) is 29.5. The number of carbonyl (C=O) groups is 1. The maximum atomic E-state index is 11.4. The molecule has 4 aliphatic carbocycles. The highest BCUT2D eigenvalue weighted by molar-refractivity contribution is 5.71. The first-order chi connectivity index (χ1) is 8.52. The second-order valence-corrected chi connectivity index (χ2v) is 6.99. The first kappa shape index (κ1) is 11.2. The highest BCUT2D eigenvalue weighted by Gasteiger charge is 2.70. The molecule has 0 aliphatic heterocycles. The van der Waals surface area contributed by atoms with Crippen LogP contribution >= 0.6 is 0 Å². The second kappa shape index (κ2) is 3.28. The van der Waals surface area contributed by atoms with Crippen LogP contribution in [0.3, 0.4) is 0 Å². The normalized spacial score (nSPS) is 64.4. The van der Waals surface area contributed by atoms with E-state index in [9.17, 15) is 20.1 Å². The quantitative estimate of drug-likeness (QED) is 0.596. The van der Waals surface area contributed by atoms with Gasteiger partial charge in [0.1, 0.15) is 0 Å². The lowest BCUT2D eigenvalue weighted by molar-refractivity contribution is -0.150. The minimum Gasteiger partial charge on any atom is -0.481 e. The third-order valence-corrected chi connectivity index (χ3v) is 6.73. The van der Waals surface area contributed by atoms with Gasteiger partial charge in [-0.1, -0.05) is 6.92 Å². The molecule has 0 spiro atoms. The third kappa shape index (κ3) is 1.04. The molecule has 3 N–H and O–H groups in total. The number of aliphatic hydroxyl groups excluding tert-OH is 2. The third-order valence-electron chi connectivity index (χ3n) is 6.73. The average molecular weight is 252 g/mol. The number of fused-ring (bicyclic) bond motifs is 9. The molecule has 0 saturated heterocycles. The topological polar surface area (TPSA) is 77.8 Å². The van der Waals surface area contributed by atoms with E-state index >= 15 is 0 Å². The number of hydrogen-bond donors (Lipinski definition) is 3. The summed E-state index contributed by atoms with van der Waals surface area (Å²) in [6.45, 7) is 2.06. The van der Waals surface area contributed by atoms with Crippen LogP contribution in [0.15, 0.2) is 0 Å². The van der Waals surface area contributed by atoms with E-state index in [2.05, 4.69) is 6.92 Å². The van der Waals surface area contributed by atoms with Gasteiger partial charge >= 0.3 is 5.97 Å². The Morgan fingerprint density at radius 3 is 2.00 bits per heavy atom. The first-order valence-electron chi connectivity index (χ1n) is 7.11. The van der Waals surface area contributed by atoms with E-state index in [0.717, 1.165) is 12.8 Å². The van der Waals surface area contributed by atoms with E-state index in [1.165, 1.54) is 0 Å². The van der Waals surface area contributed by atoms with Crippen LogP contribution in [0.25, 0.3) is 0 Å². The van der Waals surface area contributed by atoms with Gasteiger partial charge in [-0.2, -0.15) is 0 Å². The molecular weight excluding hydrogens is 232 g/mol. The molecule has 4 rings (SSSR count). The monoisotopic (exact) mass is 252 g/mol. The Labute approximate surface area is 106 Å². The van der Waals surface area contributed by atoms with E-state index in [1.54, 1.807) is 0 Å². The van der Waals surface area contributed by atoms with Gasteiger partial charge in [0.25, 0.3) is 0 Å². The van der Waals surface area contributed by atoms with Crippen molar-refractivity contribution in [2.45, 2.75) is 32.0 Å². The number of aliphatic hydroxyl groups is 2. The SMILES string of the molecule is CC1C2CC(C1C(=O)O)C1C3CC(C(O)C3O)C21. The van der Waals surface area contributed by atoms with Crippen molar-refractivity contribution >= 4 is 5.97 Å². The number of carboxylic acid groups (broad SMARTS) is 1. The molecule has 4 nitrogen and oxygen atoms in total. The summed E-state index contributed by atoms with van der Waals surface area (Å²) < 4.78 is 0. The number of rotatable bonds is 1. The fourth-order valence-corrected chi connectivity index (χ4v) is 6.29. The van der Waals surface area contributed by atoms with Crippen LogP contribution in [0.5, 0.6) is 0 Å². The number of hydrogen-bond acceptors (Lipinski definition) is 3. The van der Waals surface area contributed by atoms with Gasteiger partial charge in [0.15, 0.2) is 0 Å². The van der Waals surface area contributed by atoms with E-state index in [4.69, 9.17) is 0 Å².